The molecule has 0 amide bonds. The molecule has 112 valence electrons. The second-order valence-electron chi connectivity index (χ2n) is 6.45. The van der Waals surface area contributed by atoms with Crippen LogP contribution in [0.4, 0.5) is 0 Å². The lowest BCUT2D eigenvalue weighted by Gasteiger charge is -2.29. The molecule has 1 aliphatic heterocycles. The Hall–Kier alpha value is -0.130. The first kappa shape index (κ1) is 15.3. The third-order valence-electron chi connectivity index (χ3n) is 4.60. The van der Waals surface area contributed by atoms with E-state index in [1.165, 1.54) is 12.8 Å². The molecule has 1 heterocycles. The van der Waals surface area contributed by atoms with Crippen LogP contribution in [0.25, 0.3) is 0 Å². The van der Waals surface area contributed by atoms with Gasteiger partial charge in [-0.1, -0.05) is 0 Å². The van der Waals surface area contributed by atoms with E-state index < -0.39 is 9.84 Å². The summed E-state index contributed by atoms with van der Waals surface area (Å²) < 4.78 is 23.9. The summed E-state index contributed by atoms with van der Waals surface area (Å²) in [6.07, 6.45) is 3.79. The number of hydrogen-bond acceptors (Lipinski definition) is 4. The van der Waals surface area contributed by atoms with Gasteiger partial charge in [0.1, 0.15) is 0 Å². The molecule has 0 spiro atoms. The van der Waals surface area contributed by atoms with Crippen LogP contribution in [0.5, 0.6) is 0 Å². The molecule has 0 radical (unpaired) electrons. The van der Waals surface area contributed by atoms with E-state index in [0.717, 1.165) is 25.4 Å². The normalized spacial score (nSPS) is 30.5. The standard InChI is InChI=1S/C14H28N2O2S/c1-11(2)19(17,18)9-8-16-10-14(13-4-5-13)15-7-6-12(16)3/h11-15H,4-10H2,1-3H3. The minimum atomic E-state index is -2.92. The lowest BCUT2D eigenvalue weighted by molar-refractivity contribution is 0.210. The van der Waals surface area contributed by atoms with Crippen molar-refractivity contribution in [1.82, 2.24) is 10.2 Å². The minimum absolute atomic E-state index is 0.257. The van der Waals surface area contributed by atoms with Gasteiger partial charge in [-0.15, -0.1) is 0 Å². The summed E-state index contributed by atoms with van der Waals surface area (Å²) in [6, 6.07) is 1.06. The molecule has 1 saturated heterocycles. The Morgan fingerprint density at radius 1 is 1.26 bits per heavy atom. The molecule has 19 heavy (non-hydrogen) atoms. The van der Waals surface area contributed by atoms with Crippen LogP contribution < -0.4 is 5.32 Å². The maximum atomic E-state index is 12.0. The van der Waals surface area contributed by atoms with Gasteiger partial charge in [0.2, 0.25) is 0 Å². The molecule has 5 heteroatoms. The summed E-state index contributed by atoms with van der Waals surface area (Å²) in [5.74, 6) is 1.13. The molecule has 0 aromatic rings. The van der Waals surface area contributed by atoms with Crippen molar-refractivity contribution in [3.8, 4) is 0 Å². The fourth-order valence-corrected chi connectivity index (χ4v) is 3.72. The van der Waals surface area contributed by atoms with Crippen molar-refractivity contribution < 1.29 is 8.42 Å². The Balaban J connectivity index is 1.92. The summed E-state index contributed by atoms with van der Waals surface area (Å²) in [5.41, 5.74) is 0. The Bertz CT molecular complexity index is 390. The van der Waals surface area contributed by atoms with E-state index in [-0.39, 0.29) is 5.25 Å². The van der Waals surface area contributed by atoms with Crippen LogP contribution in [0.2, 0.25) is 0 Å². The highest BCUT2D eigenvalue weighted by atomic mass is 32.2. The van der Waals surface area contributed by atoms with Gasteiger partial charge in [-0.25, -0.2) is 8.42 Å². The molecule has 1 saturated carbocycles. The zero-order chi connectivity index (χ0) is 14.0. The minimum Gasteiger partial charge on any atom is -0.312 e. The molecule has 2 aliphatic rings. The fraction of sp³-hybridized carbons (Fsp3) is 1.00. The van der Waals surface area contributed by atoms with Crippen molar-refractivity contribution in [2.45, 2.75) is 57.4 Å². The van der Waals surface area contributed by atoms with Crippen LogP contribution in [0, 0.1) is 5.92 Å². The molecule has 2 unspecified atom stereocenters. The van der Waals surface area contributed by atoms with Gasteiger partial charge in [0.05, 0.1) is 11.0 Å². The Morgan fingerprint density at radius 2 is 1.95 bits per heavy atom. The average Bonchev–Trinajstić information content (AvgIpc) is 3.14. The first-order valence-corrected chi connectivity index (χ1v) is 9.30. The Kier molecular flexibility index (Phi) is 4.90. The van der Waals surface area contributed by atoms with Gasteiger partial charge in [0, 0.05) is 25.2 Å². The Labute approximate surface area is 117 Å². The van der Waals surface area contributed by atoms with Gasteiger partial charge in [-0.2, -0.15) is 0 Å². The molecule has 0 bridgehead atoms. The van der Waals surface area contributed by atoms with Crippen LogP contribution in [0.3, 0.4) is 0 Å². The zero-order valence-electron chi connectivity index (χ0n) is 12.4. The summed E-state index contributed by atoms with van der Waals surface area (Å²) in [4.78, 5) is 2.38. The highest BCUT2D eigenvalue weighted by Gasteiger charge is 2.34. The van der Waals surface area contributed by atoms with E-state index in [4.69, 9.17) is 0 Å². The number of nitrogens with one attached hydrogen (secondary N) is 1. The van der Waals surface area contributed by atoms with Crippen LogP contribution in [0.15, 0.2) is 0 Å². The highest BCUT2D eigenvalue weighted by Crippen LogP contribution is 2.34. The average molecular weight is 288 g/mol. The SMILES string of the molecule is CC1CCNC(C2CC2)CN1CCS(=O)(=O)C(C)C. The molecule has 2 rings (SSSR count). The maximum absolute atomic E-state index is 12.0. The molecular formula is C14H28N2O2S. The van der Waals surface area contributed by atoms with E-state index in [1.54, 1.807) is 13.8 Å². The van der Waals surface area contributed by atoms with Crippen LogP contribution >= 0.6 is 0 Å². The molecule has 1 aliphatic carbocycles. The van der Waals surface area contributed by atoms with E-state index in [1.807, 2.05) is 0 Å². The van der Waals surface area contributed by atoms with E-state index in [0.29, 0.717) is 24.4 Å². The second-order valence-corrected chi connectivity index (χ2v) is 9.12. The third kappa shape index (κ3) is 4.17. The van der Waals surface area contributed by atoms with Gasteiger partial charge in [-0.3, -0.25) is 4.90 Å². The second kappa shape index (κ2) is 6.10. The first-order valence-electron chi connectivity index (χ1n) is 7.59. The van der Waals surface area contributed by atoms with Gasteiger partial charge >= 0.3 is 0 Å². The first-order chi connectivity index (χ1) is 8.90. The van der Waals surface area contributed by atoms with E-state index >= 15 is 0 Å². The monoisotopic (exact) mass is 288 g/mol. The molecule has 0 aromatic carbocycles. The molecular weight excluding hydrogens is 260 g/mol. The van der Waals surface area contributed by atoms with Crippen molar-refractivity contribution in [2.24, 2.45) is 5.92 Å². The van der Waals surface area contributed by atoms with Gasteiger partial charge in [0.15, 0.2) is 9.84 Å². The maximum Gasteiger partial charge on any atom is 0.153 e. The quantitative estimate of drug-likeness (QED) is 0.828. The lowest BCUT2D eigenvalue weighted by Crippen LogP contribution is -2.43. The van der Waals surface area contributed by atoms with Gasteiger partial charge in [-0.05, 0) is 52.5 Å². The number of nitrogens with zero attached hydrogens (tertiary/aromatic N) is 1. The van der Waals surface area contributed by atoms with Crippen molar-refractivity contribution in [2.75, 3.05) is 25.4 Å². The van der Waals surface area contributed by atoms with E-state index in [9.17, 15) is 8.42 Å². The molecule has 4 nitrogen and oxygen atoms in total. The zero-order valence-corrected chi connectivity index (χ0v) is 13.2. The Morgan fingerprint density at radius 3 is 2.53 bits per heavy atom. The molecule has 0 aromatic heterocycles. The van der Waals surface area contributed by atoms with Crippen LogP contribution in [-0.4, -0.2) is 56.0 Å². The number of rotatable bonds is 5. The van der Waals surface area contributed by atoms with Crippen molar-refractivity contribution >= 4 is 9.84 Å². The summed E-state index contributed by atoms with van der Waals surface area (Å²) in [5, 5.41) is 3.38. The summed E-state index contributed by atoms with van der Waals surface area (Å²) >= 11 is 0. The van der Waals surface area contributed by atoms with Crippen LogP contribution in [0.1, 0.15) is 40.0 Å². The largest absolute Gasteiger partial charge is 0.312 e. The van der Waals surface area contributed by atoms with Crippen molar-refractivity contribution in [3.05, 3.63) is 0 Å². The van der Waals surface area contributed by atoms with Crippen LogP contribution in [-0.2, 0) is 9.84 Å². The fourth-order valence-electron chi connectivity index (χ4n) is 2.76. The van der Waals surface area contributed by atoms with Crippen molar-refractivity contribution in [1.29, 1.82) is 0 Å². The predicted octanol–water partition coefficient (Wildman–Crippen LogP) is 1.27. The topological polar surface area (TPSA) is 49.4 Å². The number of sulfone groups is 1. The highest BCUT2D eigenvalue weighted by molar-refractivity contribution is 7.92. The van der Waals surface area contributed by atoms with Gasteiger partial charge < -0.3 is 5.32 Å². The molecule has 2 atom stereocenters. The smallest absolute Gasteiger partial charge is 0.153 e. The van der Waals surface area contributed by atoms with E-state index in [2.05, 4.69) is 17.1 Å². The van der Waals surface area contributed by atoms with Gasteiger partial charge in [0.25, 0.3) is 0 Å². The summed E-state index contributed by atoms with van der Waals surface area (Å²) in [7, 11) is -2.92. The summed E-state index contributed by atoms with van der Waals surface area (Å²) in [6.45, 7) is 8.53. The number of hydrogen-bond donors (Lipinski definition) is 1. The predicted molar refractivity (Wildman–Crippen MR) is 79.1 cm³/mol. The third-order valence-corrected chi connectivity index (χ3v) is 6.78. The molecule has 1 N–H and O–H groups in total. The van der Waals surface area contributed by atoms with Crippen molar-refractivity contribution in [3.63, 3.8) is 0 Å². The lowest BCUT2D eigenvalue weighted by atomic mass is 10.1. The molecule has 2 fully saturated rings.